The summed E-state index contributed by atoms with van der Waals surface area (Å²) >= 11 is 5.84. The number of ether oxygens (including phenoxy) is 2. The fourth-order valence-corrected chi connectivity index (χ4v) is 3.97. The van der Waals surface area contributed by atoms with Crippen molar-refractivity contribution in [3.8, 4) is 5.75 Å². The fourth-order valence-electron chi connectivity index (χ4n) is 2.08. The summed E-state index contributed by atoms with van der Waals surface area (Å²) in [5.74, 6) is 0.181. The molecule has 1 saturated heterocycles. The number of rotatable bonds is 4. The van der Waals surface area contributed by atoms with Gasteiger partial charge in [-0.3, -0.25) is 0 Å². The fraction of sp³-hybridized carbons (Fsp3) is 0.500. The van der Waals surface area contributed by atoms with E-state index in [2.05, 4.69) is 0 Å². The average Bonchev–Trinajstić information content (AvgIpc) is 2.46. The zero-order valence-corrected chi connectivity index (χ0v) is 12.5. The Labute approximate surface area is 122 Å². The second kappa shape index (κ2) is 6.28. The Bertz CT molecular complexity index is 577. The maximum atomic E-state index is 12.7. The molecule has 1 aromatic carbocycles. The molecule has 8 heteroatoms. The first kappa shape index (κ1) is 15.5. The number of sulfonamides is 1. The molecule has 20 heavy (non-hydrogen) atoms. The lowest BCUT2D eigenvalue weighted by Crippen LogP contribution is -2.50. The number of methoxy groups -OCH3 is 1. The van der Waals surface area contributed by atoms with Crippen molar-refractivity contribution in [3.05, 3.63) is 23.2 Å². The Kier molecular flexibility index (Phi) is 4.87. The summed E-state index contributed by atoms with van der Waals surface area (Å²) in [5, 5.41) is 9.69. The molecule has 2 rings (SSSR count). The third kappa shape index (κ3) is 2.91. The van der Waals surface area contributed by atoms with E-state index < -0.39 is 16.1 Å². The Balaban J connectivity index is 2.43. The van der Waals surface area contributed by atoms with E-state index in [1.165, 1.54) is 29.6 Å². The summed E-state index contributed by atoms with van der Waals surface area (Å²) in [6.45, 7) is 0.367. The molecule has 0 bridgehead atoms. The van der Waals surface area contributed by atoms with E-state index in [1.807, 2.05) is 0 Å². The minimum Gasteiger partial charge on any atom is -0.495 e. The van der Waals surface area contributed by atoms with E-state index in [4.69, 9.17) is 21.1 Å². The van der Waals surface area contributed by atoms with Gasteiger partial charge in [-0.2, -0.15) is 4.31 Å². The van der Waals surface area contributed by atoms with Gasteiger partial charge in [-0.25, -0.2) is 8.42 Å². The highest BCUT2D eigenvalue weighted by Crippen LogP contribution is 2.31. The SMILES string of the molecule is COc1cc(Cl)ccc1S(=O)(=O)N1CCOCC1CO. The summed E-state index contributed by atoms with van der Waals surface area (Å²) in [4.78, 5) is 0.0322. The first-order chi connectivity index (χ1) is 9.50. The molecule has 1 atom stereocenters. The smallest absolute Gasteiger partial charge is 0.247 e. The first-order valence-electron chi connectivity index (χ1n) is 6.04. The van der Waals surface area contributed by atoms with Crippen molar-refractivity contribution >= 4 is 21.6 Å². The highest BCUT2D eigenvalue weighted by molar-refractivity contribution is 7.89. The number of benzene rings is 1. The van der Waals surface area contributed by atoms with Crippen molar-refractivity contribution in [2.45, 2.75) is 10.9 Å². The Morgan fingerprint density at radius 3 is 2.95 bits per heavy atom. The summed E-state index contributed by atoms with van der Waals surface area (Å²) in [6.07, 6.45) is 0. The highest BCUT2D eigenvalue weighted by Gasteiger charge is 2.35. The molecule has 0 saturated carbocycles. The molecule has 0 amide bonds. The minimum atomic E-state index is -3.77. The van der Waals surface area contributed by atoms with Gasteiger partial charge in [0, 0.05) is 17.6 Å². The zero-order chi connectivity index (χ0) is 14.8. The molecule has 1 unspecified atom stereocenters. The Morgan fingerprint density at radius 2 is 2.30 bits per heavy atom. The number of morpholine rings is 1. The van der Waals surface area contributed by atoms with Gasteiger partial charge in [-0.15, -0.1) is 0 Å². The average molecular weight is 322 g/mol. The molecule has 0 spiro atoms. The maximum Gasteiger partial charge on any atom is 0.247 e. The standard InChI is InChI=1S/C12H16ClNO5S/c1-18-11-6-9(13)2-3-12(11)20(16,17)14-4-5-19-8-10(14)7-15/h2-3,6,10,15H,4-5,7-8H2,1H3. The zero-order valence-electron chi connectivity index (χ0n) is 11.0. The number of hydrogen-bond donors (Lipinski definition) is 1. The molecule has 1 N–H and O–H groups in total. The monoisotopic (exact) mass is 321 g/mol. The van der Waals surface area contributed by atoms with Crippen LogP contribution < -0.4 is 4.74 Å². The minimum absolute atomic E-state index is 0.0322. The van der Waals surface area contributed by atoms with Gasteiger partial charge < -0.3 is 14.6 Å². The van der Waals surface area contributed by atoms with Crippen LogP contribution in [-0.2, 0) is 14.8 Å². The van der Waals surface area contributed by atoms with E-state index in [-0.39, 0.29) is 30.4 Å². The summed E-state index contributed by atoms with van der Waals surface area (Å²) < 4.78 is 36.9. The van der Waals surface area contributed by atoms with Crippen LogP contribution >= 0.6 is 11.6 Å². The van der Waals surface area contributed by atoms with Crippen LogP contribution in [0.5, 0.6) is 5.75 Å². The summed E-state index contributed by atoms with van der Waals surface area (Å²) in [6, 6.07) is 3.75. The van der Waals surface area contributed by atoms with E-state index in [0.29, 0.717) is 11.6 Å². The molecule has 1 heterocycles. The Hall–Kier alpha value is -0.860. The molecule has 0 radical (unpaired) electrons. The van der Waals surface area contributed by atoms with E-state index >= 15 is 0 Å². The topological polar surface area (TPSA) is 76.1 Å². The van der Waals surface area contributed by atoms with Crippen LogP contribution in [-0.4, -0.2) is 57.3 Å². The number of aliphatic hydroxyl groups is 1. The van der Waals surface area contributed by atoms with Crippen molar-refractivity contribution in [1.29, 1.82) is 0 Å². The number of hydrogen-bond acceptors (Lipinski definition) is 5. The lowest BCUT2D eigenvalue weighted by molar-refractivity contribution is 0.0108. The predicted octanol–water partition coefficient (Wildman–Crippen LogP) is 0.730. The second-order valence-electron chi connectivity index (χ2n) is 4.32. The summed E-state index contributed by atoms with van der Waals surface area (Å²) in [7, 11) is -2.39. The number of aliphatic hydroxyl groups excluding tert-OH is 1. The molecular formula is C12H16ClNO5S. The molecule has 1 fully saturated rings. The van der Waals surface area contributed by atoms with Crippen molar-refractivity contribution in [1.82, 2.24) is 4.31 Å². The Morgan fingerprint density at radius 1 is 1.55 bits per heavy atom. The van der Waals surface area contributed by atoms with Gasteiger partial charge in [-0.05, 0) is 12.1 Å². The van der Waals surface area contributed by atoms with Gasteiger partial charge in [0.05, 0.1) is 33.0 Å². The normalized spacial score (nSPS) is 20.9. The van der Waals surface area contributed by atoms with Gasteiger partial charge in [0.2, 0.25) is 10.0 Å². The molecule has 1 aliphatic heterocycles. The van der Waals surface area contributed by atoms with Crippen LogP contribution in [0.1, 0.15) is 0 Å². The molecule has 112 valence electrons. The lowest BCUT2D eigenvalue weighted by atomic mass is 10.3. The number of nitrogens with zero attached hydrogens (tertiary/aromatic N) is 1. The van der Waals surface area contributed by atoms with Crippen LogP contribution in [0.25, 0.3) is 0 Å². The van der Waals surface area contributed by atoms with E-state index in [0.717, 1.165) is 0 Å². The molecule has 1 aliphatic rings. The van der Waals surface area contributed by atoms with Crippen LogP contribution in [0.4, 0.5) is 0 Å². The molecular weight excluding hydrogens is 306 g/mol. The molecule has 1 aromatic rings. The highest BCUT2D eigenvalue weighted by atomic mass is 35.5. The van der Waals surface area contributed by atoms with Crippen LogP contribution in [0, 0.1) is 0 Å². The van der Waals surface area contributed by atoms with Gasteiger partial charge in [-0.1, -0.05) is 11.6 Å². The first-order valence-corrected chi connectivity index (χ1v) is 7.86. The van der Waals surface area contributed by atoms with Crippen molar-refractivity contribution in [2.24, 2.45) is 0 Å². The van der Waals surface area contributed by atoms with Crippen LogP contribution in [0.2, 0.25) is 5.02 Å². The largest absolute Gasteiger partial charge is 0.495 e. The van der Waals surface area contributed by atoms with Crippen molar-refractivity contribution < 1.29 is 23.0 Å². The number of halogens is 1. The van der Waals surface area contributed by atoms with Crippen LogP contribution in [0.15, 0.2) is 23.1 Å². The van der Waals surface area contributed by atoms with Crippen molar-refractivity contribution in [3.63, 3.8) is 0 Å². The van der Waals surface area contributed by atoms with Crippen LogP contribution in [0.3, 0.4) is 0 Å². The van der Waals surface area contributed by atoms with Gasteiger partial charge in [0.15, 0.2) is 0 Å². The molecule has 6 nitrogen and oxygen atoms in total. The molecule has 0 aromatic heterocycles. The van der Waals surface area contributed by atoms with Gasteiger partial charge in [0.25, 0.3) is 0 Å². The third-order valence-electron chi connectivity index (χ3n) is 3.10. The lowest BCUT2D eigenvalue weighted by Gasteiger charge is -2.33. The predicted molar refractivity (Wildman–Crippen MR) is 73.6 cm³/mol. The quantitative estimate of drug-likeness (QED) is 0.885. The maximum absolute atomic E-state index is 12.7. The van der Waals surface area contributed by atoms with Gasteiger partial charge in [0.1, 0.15) is 10.6 Å². The third-order valence-corrected chi connectivity index (χ3v) is 5.32. The van der Waals surface area contributed by atoms with Crippen molar-refractivity contribution in [2.75, 3.05) is 33.5 Å². The van der Waals surface area contributed by atoms with E-state index in [9.17, 15) is 13.5 Å². The van der Waals surface area contributed by atoms with Gasteiger partial charge >= 0.3 is 0 Å². The summed E-state index contributed by atoms with van der Waals surface area (Å²) in [5.41, 5.74) is 0. The van der Waals surface area contributed by atoms with E-state index in [1.54, 1.807) is 0 Å². The molecule has 0 aliphatic carbocycles. The second-order valence-corrected chi connectivity index (χ2v) is 6.62.